The Kier molecular flexibility index (Phi) is 4.72. The lowest BCUT2D eigenvalue weighted by molar-refractivity contribution is 0.0807. The minimum absolute atomic E-state index is 0.830. The van der Waals surface area contributed by atoms with Crippen LogP contribution in [0.2, 0.25) is 0 Å². The van der Waals surface area contributed by atoms with Gasteiger partial charge in [0, 0.05) is 24.2 Å². The van der Waals surface area contributed by atoms with Crippen molar-refractivity contribution >= 4 is 0 Å². The van der Waals surface area contributed by atoms with Gasteiger partial charge in [0.1, 0.15) is 0 Å². The second kappa shape index (κ2) is 6.36. The molecule has 0 aromatic heterocycles. The Bertz CT molecular complexity index is 303. The fourth-order valence-corrected chi connectivity index (χ4v) is 5.17. The van der Waals surface area contributed by atoms with Crippen molar-refractivity contribution in [2.75, 3.05) is 7.05 Å². The first kappa shape index (κ1) is 14.8. The van der Waals surface area contributed by atoms with Crippen LogP contribution in [0.25, 0.3) is 0 Å². The maximum absolute atomic E-state index is 3.79. The van der Waals surface area contributed by atoms with Crippen LogP contribution in [0.3, 0.4) is 0 Å². The maximum Gasteiger partial charge on any atom is 0.0125 e. The molecular weight excluding hydrogens is 244 g/mol. The van der Waals surface area contributed by atoms with E-state index in [0.717, 1.165) is 36.0 Å². The third-order valence-electron chi connectivity index (χ3n) is 6.16. The Balaban J connectivity index is 1.55. The van der Waals surface area contributed by atoms with Crippen molar-refractivity contribution in [1.29, 1.82) is 0 Å². The smallest absolute Gasteiger partial charge is 0.0125 e. The van der Waals surface area contributed by atoms with Gasteiger partial charge in [0.25, 0.3) is 0 Å². The lowest BCUT2D eigenvalue weighted by atomic mass is 9.80. The monoisotopic (exact) mass is 278 g/mol. The van der Waals surface area contributed by atoms with Gasteiger partial charge >= 0.3 is 0 Å². The predicted molar refractivity (Wildman–Crippen MR) is 85.9 cm³/mol. The SMILES string of the molecule is CC(C)CC1CCCC(N(C)C2CC3CCC(C2)N3)C1. The van der Waals surface area contributed by atoms with Gasteiger partial charge in [-0.3, -0.25) is 0 Å². The van der Waals surface area contributed by atoms with E-state index in [1.807, 2.05) is 0 Å². The van der Waals surface area contributed by atoms with E-state index in [4.69, 9.17) is 0 Å². The van der Waals surface area contributed by atoms with Crippen LogP contribution in [0.4, 0.5) is 0 Å². The van der Waals surface area contributed by atoms with Gasteiger partial charge in [-0.15, -0.1) is 0 Å². The number of hydrogen-bond acceptors (Lipinski definition) is 2. The van der Waals surface area contributed by atoms with Crippen LogP contribution in [-0.2, 0) is 0 Å². The number of fused-ring (bicyclic) bond motifs is 2. The highest BCUT2D eigenvalue weighted by Gasteiger charge is 2.37. The standard InChI is InChI=1S/C18H34N2/c1-13(2)9-14-5-4-6-17(10-14)20(3)18-11-15-7-8-16(12-18)19-15/h13-19H,4-12H2,1-3H3. The summed E-state index contributed by atoms with van der Waals surface area (Å²) in [7, 11) is 2.43. The number of hydrogen-bond donors (Lipinski definition) is 1. The molecule has 0 amide bonds. The van der Waals surface area contributed by atoms with E-state index >= 15 is 0 Å². The number of rotatable bonds is 4. The predicted octanol–water partition coefficient (Wildman–Crippen LogP) is 3.81. The molecule has 2 nitrogen and oxygen atoms in total. The molecule has 4 atom stereocenters. The van der Waals surface area contributed by atoms with Gasteiger partial charge in [-0.25, -0.2) is 0 Å². The largest absolute Gasteiger partial charge is 0.311 e. The highest BCUT2D eigenvalue weighted by molar-refractivity contribution is 4.96. The van der Waals surface area contributed by atoms with Crippen molar-refractivity contribution in [3.05, 3.63) is 0 Å². The Morgan fingerprint density at radius 3 is 2.30 bits per heavy atom. The summed E-state index contributed by atoms with van der Waals surface area (Å²) in [5, 5.41) is 3.79. The first-order valence-electron chi connectivity index (χ1n) is 9.09. The molecule has 1 saturated carbocycles. The fraction of sp³-hybridized carbons (Fsp3) is 1.00. The molecule has 3 fully saturated rings. The van der Waals surface area contributed by atoms with Crippen molar-refractivity contribution in [3.8, 4) is 0 Å². The summed E-state index contributed by atoms with van der Waals surface area (Å²) in [6.45, 7) is 4.77. The van der Waals surface area contributed by atoms with Gasteiger partial charge in [-0.05, 0) is 63.8 Å². The van der Waals surface area contributed by atoms with Crippen molar-refractivity contribution < 1.29 is 0 Å². The lowest BCUT2D eigenvalue weighted by Gasteiger charge is -2.43. The molecule has 0 radical (unpaired) electrons. The molecule has 2 bridgehead atoms. The molecular formula is C18H34N2. The van der Waals surface area contributed by atoms with Crippen LogP contribution in [0.15, 0.2) is 0 Å². The first-order chi connectivity index (χ1) is 9.61. The summed E-state index contributed by atoms with van der Waals surface area (Å²) in [6, 6.07) is 3.39. The summed E-state index contributed by atoms with van der Waals surface area (Å²) in [5.41, 5.74) is 0. The molecule has 2 saturated heterocycles. The summed E-state index contributed by atoms with van der Waals surface area (Å²) in [5.74, 6) is 1.87. The highest BCUT2D eigenvalue weighted by atomic mass is 15.2. The average molecular weight is 278 g/mol. The zero-order chi connectivity index (χ0) is 14.1. The second-order valence-corrected chi connectivity index (χ2v) is 8.24. The summed E-state index contributed by atoms with van der Waals surface area (Å²) in [4.78, 5) is 2.79. The van der Waals surface area contributed by atoms with Crippen LogP contribution in [0.1, 0.15) is 71.6 Å². The molecule has 1 N–H and O–H groups in total. The number of nitrogens with zero attached hydrogens (tertiary/aromatic N) is 1. The minimum Gasteiger partial charge on any atom is -0.311 e. The summed E-state index contributed by atoms with van der Waals surface area (Å²) >= 11 is 0. The maximum atomic E-state index is 3.79. The molecule has 116 valence electrons. The molecule has 1 aliphatic carbocycles. The van der Waals surface area contributed by atoms with Gasteiger partial charge in [0.15, 0.2) is 0 Å². The molecule has 3 rings (SSSR count). The molecule has 0 aromatic carbocycles. The topological polar surface area (TPSA) is 15.3 Å². The third kappa shape index (κ3) is 3.39. The Morgan fingerprint density at radius 1 is 0.950 bits per heavy atom. The van der Waals surface area contributed by atoms with E-state index in [0.29, 0.717) is 0 Å². The molecule has 4 unspecified atom stereocenters. The minimum atomic E-state index is 0.830. The van der Waals surface area contributed by atoms with Gasteiger partial charge in [0.2, 0.25) is 0 Å². The van der Waals surface area contributed by atoms with E-state index in [1.165, 1.54) is 57.8 Å². The van der Waals surface area contributed by atoms with E-state index in [-0.39, 0.29) is 0 Å². The average Bonchev–Trinajstić information content (AvgIpc) is 2.76. The van der Waals surface area contributed by atoms with Gasteiger partial charge in [0.05, 0.1) is 0 Å². The Labute approximate surface area is 125 Å². The van der Waals surface area contributed by atoms with Gasteiger partial charge in [-0.2, -0.15) is 0 Å². The van der Waals surface area contributed by atoms with Gasteiger partial charge < -0.3 is 10.2 Å². The summed E-state index contributed by atoms with van der Waals surface area (Å²) in [6.07, 6.45) is 13.0. The Morgan fingerprint density at radius 2 is 1.65 bits per heavy atom. The van der Waals surface area contributed by atoms with Crippen molar-refractivity contribution in [2.45, 2.75) is 95.8 Å². The molecule has 0 aromatic rings. The van der Waals surface area contributed by atoms with E-state index in [2.05, 4.69) is 31.1 Å². The van der Waals surface area contributed by atoms with Gasteiger partial charge in [-0.1, -0.05) is 26.7 Å². The third-order valence-corrected chi connectivity index (χ3v) is 6.16. The van der Waals surface area contributed by atoms with Crippen LogP contribution in [0, 0.1) is 11.8 Å². The number of nitrogens with one attached hydrogen (secondary N) is 1. The van der Waals surface area contributed by atoms with Crippen molar-refractivity contribution in [2.24, 2.45) is 11.8 Å². The fourth-order valence-electron chi connectivity index (χ4n) is 5.17. The van der Waals surface area contributed by atoms with Crippen LogP contribution in [-0.4, -0.2) is 36.1 Å². The second-order valence-electron chi connectivity index (χ2n) is 8.24. The molecule has 2 aliphatic heterocycles. The van der Waals surface area contributed by atoms with Crippen LogP contribution in [0.5, 0.6) is 0 Å². The Hall–Kier alpha value is -0.0800. The highest BCUT2D eigenvalue weighted by Crippen LogP contribution is 2.35. The van der Waals surface area contributed by atoms with Crippen molar-refractivity contribution in [3.63, 3.8) is 0 Å². The molecule has 3 aliphatic rings. The quantitative estimate of drug-likeness (QED) is 0.841. The number of piperidine rings is 1. The van der Waals surface area contributed by atoms with E-state index in [1.54, 1.807) is 0 Å². The zero-order valence-electron chi connectivity index (χ0n) is 13.8. The van der Waals surface area contributed by atoms with Crippen LogP contribution >= 0.6 is 0 Å². The molecule has 2 heteroatoms. The summed E-state index contributed by atoms with van der Waals surface area (Å²) < 4.78 is 0. The van der Waals surface area contributed by atoms with E-state index in [9.17, 15) is 0 Å². The lowest BCUT2D eigenvalue weighted by Crippen LogP contribution is -2.50. The van der Waals surface area contributed by atoms with Crippen molar-refractivity contribution in [1.82, 2.24) is 10.2 Å². The first-order valence-corrected chi connectivity index (χ1v) is 9.09. The molecule has 20 heavy (non-hydrogen) atoms. The molecule has 2 heterocycles. The van der Waals surface area contributed by atoms with E-state index < -0.39 is 0 Å². The molecule has 0 spiro atoms. The van der Waals surface area contributed by atoms with Crippen LogP contribution < -0.4 is 5.32 Å². The zero-order valence-corrected chi connectivity index (χ0v) is 13.8. The normalized spacial score (nSPS) is 41.5.